The van der Waals surface area contributed by atoms with Gasteiger partial charge in [-0.2, -0.15) is 0 Å². The van der Waals surface area contributed by atoms with E-state index in [0.717, 1.165) is 11.6 Å². The molecule has 0 amide bonds. The maximum Gasteiger partial charge on any atom is 0.129 e. The van der Waals surface area contributed by atoms with Crippen LogP contribution in [0.5, 0.6) is 0 Å². The third-order valence-corrected chi connectivity index (χ3v) is 4.07. The molecule has 2 rings (SSSR count). The highest BCUT2D eigenvalue weighted by Gasteiger charge is 2.13. The molecular formula is C16H14BrF3. The third-order valence-electron chi connectivity index (χ3n) is 3.16. The monoisotopic (exact) mass is 342 g/mol. The van der Waals surface area contributed by atoms with Gasteiger partial charge < -0.3 is 0 Å². The van der Waals surface area contributed by atoms with Crippen molar-refractivity contribution in [1.82, 2.24) is 0 Å². The molecule has 0 aliphatic rings. The van der Waals surface area contributed by atoms with Crippen LogP contribution in [-0.2, 0) is 12.8 Å². The largest absolute Gasteiger partial charge is 0.207 e. The van der Waals surface area contributed by atoms with Crippen LogP contribution in [0.1, 0.15) is 11.1 Å². The lowest BCUT2D eigenvalue weighted by Gasteiger charge is -2.15. The van der Waals surface area contributed by atoms with Crippen LogP contribution < -0.4 is 0 Å². The molecule has 0 saturated heterocycles. The van der Waals surface area contributed by atoms with Gasteiger partial charge in [0.25, 0.3) is 0 Å². The van der Waals surface area contributed by atoms with E-state index >= 15 is 0 Å². The molecule has 0 saturated carbocycles. The molecule has 0 fully saturated rings. The zero-order valence-corrected chi connectivity index (χ0v) is 12.3. The Balaban J connectivity index is 2.09. The average Bonchev–Trinajstić information content (AvgIpc) is 2.41. The van der Waals surface area contributed by atoms with Gasteiger partial charge in [-0.3, -0.25) is 0 Å². The van der Waals surface area contributed by atoms with E-state index in [1.807, 2.05) is 6.07 Å². The fraction of sp³-hybridized carbons (Fsp3) is 0.250. The average molecular weight is 343 g/mol. The Morgan fingerprint density at radius 2 is 1.65 bits per heavy atom. The molecule has 20 heavy (non-hydrogen) atoms. The van der Waals surface area contributed by atoms with E-state index in [1.54, 1.807) is 6.07 Å². The summed E-state index contributed by atoms with van der Waals surface area (Å²) in [5, 5.41) is 0.667. The lowest BCUT2D eigenvalue weighted by atomic mass is 9.94. The summed E-state index contributed by atoms with van der Waals surface area (Å²) in [7, 11) is 0. The molecule has 2 aromatic carbocycles. The van der Waals surface area contributed by atoms with Crippen molar-refractivity contribution < 1.29 is 13.2 Å². The number of alkyl halides is 1. The Morgan fingerprint density at radius 1 is 0.900 bits per heavy atom. The van der Waals surface area contributed by atoms with E-state index in [9.17, 15) is 13.2 Å². The normalized spacial score (nSPS) is 12.4. The summed E-state index contributed by atoms with van der Waals surface area (Å²) in [5.41, 5.74) is 1.35. The second kappa shape index (κ2) is 6.93. The van der Waals surface area contributed by atoms with E-state index in [4.69, 9.17) is 0 Å². The van der Waals surface area contributed by atoms with Crippen LogP contribution in [0, 0.1) is 23.4 Å². The summed E-state index contributed by atoms with van der Waals surface area (Å²) in [5.74, 6) is -1.26. The van der Waals surface area contributed by atoms with Crippen LogP contribution in [0.3, 0.4) is 0 Å². The first-order chi connectivity index (χ1) is 9.58. The van der Waals surface area contributed by atoms with Crippen molar-refractivity contribution >= 4 is 15.9 Å². The van der Waals surface area contributed by atoms with Gasteiger partial charge in [-0.15, -0.1) is 0 Å². The molecule has 2 aromatic rings. The molecule has 0 radical (unpaired) electrons. The molecule has 1 unspecified atom stereocenters. The number of halogens is 4. The summed E-state index contributed by atoms with van der Waals surface area (Å²) >= 11 is 3.40. The first kappa shape index (κ1) is 15.1. The van der Waals surface area contributed by atoms with Crippen molar-refractivity contribution in [2.75, 3.05) is 5.33 Å². The van der Waals surface area contributed by atoms with Crippen LogP contribution in [0.4, 0.5) is 13.2 Å². The lowest BCUT2D eigenvalue weighted by molar-refractivity contribution is 0.535. The van der Waals surface area contributed by atoms with Crippen molar-refractivity contribution in [3.8, 4) is 0 Å². The maximum atomic E-state index is 13.6. The molecule has 0 heterocycles. The summed E-state index contributed by atoms with van der Waals surface area (Å²) in [4.78, 5) is 0. The molecule has 0 N–H and O–H groups in total. The molecule has 0 nitrogen and oxygen atoms in total. The zero-order chi connectivity index (χ0) is 14.5. The second-order valence-electron chi connectivity index (χ2n) is 4.79. The number of benzene rings is 2. The highest BCUT2D eigenvalue weighted by atomic mass is 79.9. The second-order valence-corrected chi connectivity index (χ2v) is 5.44. The number of hydrogen-bond donors (Lipinski definition) is 0. The van der Waals surface area contributed by atoms with Gasteiger partial charge in [-0.25, -0.2) is 13.2 Å². The van der Waals surface area contributed by atoms with Crippen molar-refractivity contribution in [2.45, 2.75) is 12.8 Å². The Morgan fingerprint density at radius 3 is 2.30 bits per heavy atom. The SMILES string of the molecule is Fc1cccc(CC(CBr)Cc2ccc(F)cc2F)c1. The molecule has 106 valence electrons. The van der Waals surface area contributed by atoms with Crippen LogP contribution in [0.25, 0.3) is 0 Å². The minimum absolute atomic E-state index is 0.122. The number of hydrogen-bond acceptors (Lipinski definition) is 0. The first-order valence-corrected chi connectivity index (χ1v) is 7.45. The molecule has 0 aliphatic heterocycles. The standard InChI is InChI=1S/C16H14BrF3/c17-10-12(6-11-2-1-3-14(18)8-11)7-13-4-5-15(19)9-16(13)20/h1-5,8-9,12H,6-7,10H2. The molecular weight excluding hydrogens is 329 g/mol. The highest BCUT2D eigenvalue weighted by Crippen LogP contribution is 2.20. The van der Waals surface area contributed by atoms with Crippen molar-refractivity contribution in [3.63, 3.8) is 0 Å². The van der Waals surface area contributed by atoms with Crippen LogP contribution in [0.15, 0.2) is 42.5 Å². The van der Waals surface area contributed by atoms with Gasteiger partial charge in [0.15, 0.2) is 0 Å². The van der Waals surface area contributed by atoms with Gasteiger partial charge in [-0.1, -0.05) is 34.1 Å². The quantitative estimate of drug-likeness (QED) is 0.678. The van der Waals surface area contributed by atoms with E-state index in [1.165, 1.54) is 24.3 Å². The Hall–Kier alpha value is -1.29. The van der Waals surface area contributed by atoms with Crippen molar-refractivity contribution in [1.29, 1.82) is 0 Å². The van der Waals surface area contributed by atoms with Crippen molar-refractivity contribution in [3.05, 3.63) is 71.0 Å². The fourth-order valence-electron chi connectivity index (χ4n) is 2.18. The van der Waals surface area contributed by atoms with E-state index < -0.39 is 11.6 Å². The molecule has 4 heteroatoms. The van der Waals surface area contributed by atoms with E-state index in [-0.39, 0.29) is 11.7 Å². The fourth-order valence-corrected chi connectivity index (χ4v) is 2.63. The highest BCUT2D eigenvalue weighted by molar-refractivity contribution is 9.09. The molecule has 0 aromatic heterocycles. The van der Waals surface area contributed by atoms with Gasteiger partial charge in [0.2, 0.25) is 0 Å². The van der Waals surface area contributed by atoms with Gasteiger partial charge >= 0.3 is 0 Å². The minimum atomic E-state index is -0.577. The number of rotatable bonds is 5. The molecule has 0 aliphatic carbocycles. The Labute approximate surface area is 124 Å². The predicted molar refractivity (Wildman–Crippen MR) is 77.5 cm³/mol. The topological polar surface area (TPSA) is 0 Å². The maximum absolute atomic E-state index is 13.6. The Kier molecular flexibility index (Phi) is 5.24. The van der Waals surface area contributed by atoms with E-state index in [2.05, 4.69) is 15.9 Å². The summed E-state index contributed by atoms with van der Waals surface area (Å²) < 4.78 is 39.6. The first-order valence-electron chi connectivity index (χ1n) is 6.33. The summed E-state index contributed by atoms with van der Waals surface area (Å²) in [6, 6.07) is 10.00. The summed E-state index contributed by atoms with van der Waals surface area (Å²) in [6.45, 7) is 0. The zero-order valence-electron chi connectivity index (χ0n) is 10.8. The van der Waals surface area contributed by atoms with Gasteiger partial charge in [-0.05, 0) is 48.1 Å². The van der Waals surface area contributed by atoms with Crippen LogP contribution >= 0.6 is 15.9 Å². The van der Waals surface area contributed by atoms with Gasteiger partial charge in [0.1, 0.15) is 17.5 Å². The lowest BCUT2D eigenvalue weighted by Crippen LogP contribution is -2.11. The Bertz CT molecular complexity index is 584. The molecule has 1 atom stereocenters. The molecule has 0 spiro atoms. The minimum Gasteiger partial charge on any atom is -0.207 e. The van der Waals surface area contributed by atoms with Gasteiger partial charge in [0.05, 0.1) is 0 Å². The predicted octanol–water partition coefficient (Wildman–Crippen LogP) is 4.90. The summed E-state index contributed by atoms with van der Waals surface area (Å²) in [6.07, 6.45) is 1.12. The smallest absolute Gasteiger partial charge is 0.129 e. The molecule has 0 bridgehead atoms. The van der Waals surface area contributed by atoms with Crippen LogP contribution in [0.2, 0.25) is 0 Å². The van der Waals surface area contributed by atoms with E-state index in [0.29, 0.717) is 23.7 Å². The van der Waals surface area contributed by atoms with Crippen LogP contribution in [-0.4, -0.2) is 5.33 Å². The van der Waals surface area contributed by atoms with Crippen molar-refractivity contribution in [2.24, 2.45) is 5.92 Å². The third kappa shape index (κ3) is 4.10. The van der Waals surface area contributed by atoms with Gasteiger partial charge in [0, 0.05) is 11.4 Å².